The lowest BCUT2D eigenvalue weighted by Crippen LogP contribution is -2.70. The maximum absolute atomic E-state index is 14.6. The third-order valence-electron chi connectivity index (χ3n) is 21.7. The summed E-state index contributed by atoms with van der Waals surface area (Å²) >= 11 is 0. The number of esters is 7. The second kappa shape index (κ2) is 46.3. The Morgan fingerprint density at radius 3 is 0.836 bits per heavy atom. The van der Waals surface area contributed by atoms with E-state index in [9.17, 15) is 48.3 Å². The number of ether oxygens (including phenoxy) is 33. The van der Waals surface area contributed by atoms with E-state index in [0.717, 1.165) is 53.4 Å². The molecule has 0 bridgehead atoms. The van der Waals surface area contributed by atoms with Crippen molar-refractivity contribution in [1.29, 1.82) is 0 Å². The summed E-state index contributed by atoms with van der Waals surface area (Å²) in [5.74, 6) is -8.40. The van der Waals surface area contributed by atoms with Crippen LogP contribution in [-0.2, 0) is 190 Å². The number of rotatable bonds is 40. The molecule has 44 nitrogen and oxygen atoms in total. The van der Waals surface area contributed by atoms with Crippen LogP contribution in [0.5, 0.6) is 0 Å². The van der Waals surface area contributed by atoms with Gasteiger partial charge in [0.05, 0.1) is 50.2 Å². The molecule has 1 aromatic rings. The van der Waals surface area contributed by atoms with Gasteiger partial charge < -0.3 is 161 Å². The molecule has 0 spiro atoms. The number of methoxy groups -OCH3 is 13. The minimum Gasteiger partial charge on any atom is -0.463 e. The second-order valence-corrected chi connectivity index (χ2v) is 29.5. The molecule has 8 heterocycles. The summed E-state index contributed by atoms with van der Waals surface area (Å²) in [6, 6.07) is 6.02. The van der Waals surface area contributed by atoms with Gasteiger partial charge in [-0.3, -0.25) is 48.1 Å². The maximum atomic E-state index is 14.6. The van der Waals surface area contributed by atoms with E-state index >= 15 is 0 Å². The van der Waals surface area contributed by atoms with Gasteiger partial charge in [-0.2, -0.15) is 0 Å². The highest BCUT2D eigenvalue weighted by atomic mass is 16.8. The lowest BCUT2D eigenvalue weighted by Gasteiger charge is -2.52. The van der Waals surface area contributed by atoms with Gasteiger partial charge in [0.1, 0.15) is 154 Å². The van der Waals surface area contributed by atoms with Gasteiger partial charge in [0.2, 0.25) is 0 Å². The van der Waals surface area contributed by atoms with Gasteiger partial charge in [-0.15, -0.1) is 0 Å². The van der Waals surface area contributed by atoms with Crippen molar-refractivity contribution in [3.05, 3.63) is 35.4 Å². The molecule has 1 N–H and O–H groups in total. The summed E-state index contributed by atoms with van der Waals surface area (Å²) in [5, 5.41) is 10.6. The average Bonchev–Trinajstić information content (AvgIpc) is 1.10. The molecule has 35 atom stereocenters. The molecule has 44 heteroatoms. The summed E-state index contributed by atoms with van der Waals surface area (Å²) in [5.41, 5.74) is 0.0561. The van der Waals surface area contributed by atoms with Gasteiger partial charge in [0.25, 0.3) is 11.8 Å². The summed E-state index contributed by atoms with van der Waals surface area (Å²) < 4.78 is 206. The quantitative estimate of drug-likeness (QED) is 0.0448. The zero-order valence-electron chi connectivity index (χ0n) is 72.0. The first-order valence-corrected chi connectivity index (χ1v) is 39.4. The van der Waals surface area contributed by atoms with Crippen molar-refractivity contribution in [3.8, 4) is 0 Å². The van der Waals surface area contributed by atoms with Gasteiger partial charge in [-0.05, 0) is 19.1 Å². The maximum Gasteiger partial charge on any atom is 0.303 e. The minimum atomic E-state index is -2.06. The number of carbonyl (C=O) groups is 9. The highest BCUT2D eigenvalue weighted by Crippen LogP contribution is 2.44. The number of amides is 2. The first-order chi connectivity index (χ1) is 58.4. The van der Waals surface area contributed by atoms with Gasteiger partial charge in [0.15, 0.2) is 68.3 Å². The summed E-state index contributed by atoms with van der Waals surface area (Å²) in [7, 11) is 18.3. The molecule has 1 aromatic carbocycles. The Morgan fingerprint density at radius 2 is 0.541 bits per heavy atom. The summed E-state index contributed by atoms with van der Waals surface area (Å²) in [6.07, 6.45) is -48.0. The first-order valence-electron chi connectivity index (χ1n) is 39.4. The van der Waals surface area contributed by atoms with E-state index in [-0.39, 0.29) is 30.9 Å². The van der Waals surface area contributed by atoms with Crippen molar-refractivity contribution in [2.24, 2.45) is 0 Å². The molecule has 0 saturated carbocycles. The molecule has 2 amide bonds. The van der Waals surface area contributed by atoms with E-state index in [0.29, 0.717) is 0 Å². The van der Waals surface area contributed by atoms with Crippen molar-refractivity contribution < 1.29 is 205 Å². The van der Waals surface area contributed by atoms with Crippen molar-refractivity contribution in [3.63, 3.8) is 0 Å². The molecular formula is C78H117NO43. The zero-order valence-corrected chi connectivity index (χ0v) is 72.0. The van der Waals surface area contributed by atoms with Crippen molar-refractivity contribution in [1.82, 2.24) is 4.90 Å². The predicted octanol–water partition coefficient (Wildman–Crippen LogP) is -1.40. The van der Waals surface area contributed by atoms with Crippen LogP contribution in [0.3, 0.4) is 0 Å². The van der Waals surface area contributed by atoms with E-state index in [2.05, 4.69) is 0 Å². The molecule has 9 rings (SSSR count). The number of nitrogens with zero attached hydrogens (tertiary/aromatic N) is 1. The lowest BCUT2D eigenvalue weighted by atomic mass is 9.94. The highest BCUT2D eigenvalue weighted by molar-refractivity contribution is 6.21. The Kier molecular flexibility index (Phi) is 37.7. The Bertz CT molecular complexity index is 3530. The standard InChI is InChI=1S/C78H117NO43/c1-33-50(93-12)58(94-13)52(44(27-80)105-33)118-74-66(100-19)61(97-16)54(46(112-74)29-91-10)120-76-68(102-21)62(98-17)55(47(114-76)30-92-11)121-75-67(101-20)60(96-15)53(45(113-75)28-90-9)119-73-65(99-18)59(95-14)51(43(111-73)26-79-71(88)41-24-22-23-25-42(41)72(79)89)117-77-70(110-40(8)87)64(108-38(6)85)57(49(116-77)32-104-35(3)82)122-78-69(109-39(7)86)63(107-37(5)84)56(106-36(4)83)48(115-78)31-103-34(2)81/h22-25,33,43-70,73-78,80H,26-32H2,1-21H3/t33-,43?,44?,45?,46+,47+,48+,49+,50?,51-,52-,53-,54+,55+,56-,57+,58+,59-,60-,61?,62?,63?,64?,65?,66?,67?,68?,69?,70?,73-,74+,75-,76+,77+,78+/m0/s1. The molecule has 14 unspecified atom stereocenters. The van der Waals surface area contributed by atoms with Gasteiger partial charge in [0, 0.05) is 141 Å². The molecule has 0 aliphatic carbocycles. The average molecular weight is 1760 g/mol. The van der Waals surface area contributed by atoms with Crippen LogP contribution in [0, 0.1) is 0 Å². The van der Waals surface area contributed by atoms with E-state index in [1.54, 1.807) is 19.1 Å². The van der Waals surface area contributed by atoms with Gasteiger partial charge in [-0.25, -0.2) is 0 Å². The molecule has 692 valence electrons. The van der Waals surface area contributed by atoms with E-state index in [4.69, 9.17) is 156 Å². The fourth-order valence-corrected chi connectivity index (χ4v) is 16.7. The van der Waals surface area contributed by atoms with Crippen LogP contribution in [-0.4, -0.2) is 417 Å². The fourth-order valence-electron chi connectivity index (χ4n) is 16.7. The van der Waals surface area contributed by atoms with E-state index in [1.165, 1.54) is 105 Å². The number of imide groups is 1. The van der Waals surface area contributed by atoms with Crippen LogP contribution in [0.2, 0.25) is 0 Å². The summed E-state index contributed by atoms with van der Waals surface area (Å²) in [4.78, 5) is 121. The SMILES string of the molecule is COCC1O[C@@H](O[C@H]2C(OC)C(OC)[C@@H](O[C@H]3C(OC)C(OC)[C@@H](O[C@H]4C(CO)O[C@@H](C)C(OC)[C@H]4OC)O[C@@H]3COC)O[C@@H]2COC)C(OC)[C@@H](OC)[C@H]1O[C@@H]1OC(CN2C(=O)c3ccccc3C2=O)[C@H](O[C@H]2O[C@H](COC(C)=O)[C@@H](O[C@H]3O[C@H](COC(C)=O)[C@H](OC(C)=O)C(OC(C)=O)C3OC(C)=O)C(OC(C)=O)C2OC(C)=O)[C@H](OC)C1OC. The molecule has 8 aliphatic rings. The number of hydrogen-bond donors (Lipinski definition) is 1. The topological polar surface area (TPSA) is 482 Å². The molecule has 7 fully saturated rings. The minimum absolute atomic E-state index is 0.0281. The highest BCUT2D eigenvalue weighted by Gasteiger charge is 2.63. The smallest absolute Gasteiger partial charge is 0.303 e. The third-order valence-corrected chi connectivity index (χ3v) is 21.7. The van der Waals surface area contributed by atoms with Crippen molar-refractivity contribution >= 4 is 53.6 Å². The molecule has 0 radical (unpaired) electrons. The number of hydrogen-bond acceptors (Lipinski definition) is 43. The van der Waals surface area contributed by atoms with Crippen molar-refractivity contribution in [2.45, 2.75) is 270 Å². The van der Waals surface area contributed by atoms with Crippen LogP contribution < -0.4 is 0 Å². The number of aliphatic hydroxyl groups excluding tert-OH is 1. The normalized spacial score (nSPS) is 38.5. The van der Waals surface area contributed by atoms with Crippen LogP contribution in [0.25, 0.3) is 0 Å². The van der Waals surface area contributed by atoms with Crippen LogP contribution in [0.15, 0.2) is 24.3 Å². The predicted molar refractivity (Wildman–Crippen MR) is 399 cm³/mol. The number of aliphatic hydroxyl groups is 1. The van der Waals surface area contributed by atoms with E-state index < -0.39 is 295 Å². The number of carbonyl (C=O) groups excluding carboxylic acids is 9. The van der Waals surface area contributed by atoms with Gasteiger partial charge in [-0.1, -0.05) is 12.1 Å². The van der Waals surface area contributed by atoms with E-state index in [1.807, 2.05) is 0 Å². The second-order valence-electron chi connectivity index (χ2n) is 29.5. The molecule has 8 aliphatic heterocycles. The van der Waals surface area contributed by atoms with Crippen molar-refractivity contribution in [2.75, 3.05) is 139 Å². The Hall–Kier alpha value is -6.43. The molecule has 122 heavy (non-hydrogen) atoms. The first kappa shape index (κ1) is 99.3. The molecule has 7 saturated heterocycles. The van der Waals surface area contributed by atoms with Crippen LogP contribution >= 0.6 is 0 Å². The van der Waals surface area contributed by atoms with Gasteiger partial charge >= 0.3 is 41.8 Å². The summed E-state index contributed by atoms with van der Waals surface area (Å²) in [6.45, 7) is 5.67. The van der Waals surface area contributed by atoms with Crippen LogP contribution in [0.1, 0.15) is 76.1 Å². The molecular weight excluding hydrogens is 1640 g/mol. The number of benzene rings is 1. The third kappa shape index (κ3) is 23.1. The Morgan fingerprint density at radius 1 is 0.295 bits per heavy atom. The fraction of sp³-hybridized carbons (Fsp3) is 0.808. The monoisotopic (exact) mass is 1760 g/mol. The zero-order chi connectivity index (χ0) is 89.2. The Balaban J connectivity index is 1.04. The Labute approximate surface area is 704 Å². The van der Waals surface area contributed by atoms with Crippen LogP contribution in [0.4, 0.5) is 0 Å². The largest absolute Gasteiger partial charge is 0.463 e. The molecule has 0 aromatic heterocycles. The number of fused-ring (bicyclic) bond motifs is 1. The lowest BCUT2D eigenvalue weighted by molar-refractivity contribution is -0.401.